The first-order valence-electron chi connectivity index (χ1n) is 9.83. The number of alkyl carbamates (subject to hydrolysis) is 1. The molecule has 0 atom stereocenters. The lowest BCUT2D eigenvalue weighted by atomic mass is 9.77. The maximum absolute atomic E-state index is 12.2. The molecule has 1 aliphatic rings. The molecular formula is C21H30BN3O4. The highest BCUT2D eigenvalue weighted by molar-refractivity contribution is 6.56. The average molecular weight is 399 g/mol. The zero-order valence-corrected chi connectivity index (χ0v) is 18.3. The van der Waals surface area contributed by atoms with Crippen LogP contribution in [0.3, 0.4) is 0 Å². The van der Waals surface area contributed by atoms with Gasteiger partial charge in [-0.25, -0.2) is 9.78 Å². The van der Waals surface area contributed by atoms with E-state index in [0.29, 0.717) is 0 Å². The number of aromatic amines is 1. The van der Waals surface area contributed by atoms with Crippen molar-refractivity contribution in [1.29, 1.82) is 0 Å². The molecule has 0 aliphatic carbocycles. The first kappa shape index (κ1) is 21.4. The summed E-state index contributed by atoms with van der Waals surface area (Å²) in [5, 5.41) is 2.82. The van der Waals surface area contributed by atoms with E-state index in [4.69, 9.17) is 14.0 Å². The minimum absolute atomic E-state index is 0.229. The zero-order valence-electron chi connectivity index (χ0n) is 18.3. The number of carbonyl (C=O) groups is 1. The molecule has 7 nitrogen and oxygen atoms in total. The topological polar surface area (TPSA) is 85.5 Å². The first-order valence-corrected chi connectivity index (χ1v) is 9.83. The van der Waals surface area contributed by atoms with E-state index in [1.807, 2.05) is 72.7 Å². The molecular weight excluding hydrogens is 369 g/mol. The molecule has 2 N–H and O–H groups in total. The first-order chi connectivity index (χ1) is 13.4. The minimum atomic E-state index is -0.593. The largest absolute Gasteiger partial charge is 0.492 e. The maximum atomic E-state index is 12.2. The number of ether oxygens (including phenoxy) is 1. The SMILES string of the molecule is CC(C)(C)OC(=O)NCC(=Cc1cccc2[nH]cnc12)B1OC(C)(C)C(C)(C)O1. The van der Waals surface area contributed by atoms with Crippen LogP contribution in [0, 0.1) is 0 Å². The third kappa shape index (κ3) is 4.82. The summed E-state index contributed by atoms with van der Waals surface area (Å²) >= 11 is 0. The Kier molecular flexibility index (Phi) is 5.53. The second-order valence-corrected chi connectivity index (χ2v) is 9.31. The molecule has 0 spiro atoms. The summed E-state index contributed by atoms with van der Waals surface area (Å²) in [5.74, 6) is 0. The van der Waals surface area contributed by atoms with Gasteiger partial charge in [-0.15, -0.1) is 0 Å². The van der Waals surface area contributed by atoms with Crippen LogP contribution in [0.5, 0.6) is 0 Å². The van der Waals surface area contributed by atoms with Gasteiger partial charge in [0.05, 0.1) is 28.6 Å². The Labute approximate surface area is 172 Å². The quantitative estimate of drug-likeness (QED) is 0.756. The third-order valence-electron chi connectivity index (χ3n) is 5.21. The van der Waals surface area contributed by atoms with Gasteiger partial charge in [-0.2, -0.15) is 0 Å². The van der Waals surface area contributed by atoms with E-state index >= 15 is 0 Å². The molecule has 1 saturated heterocycles. The van der Waals surface area contributed by atoms with E-state index < -0.39 is 30.0 Å². The van der Waals surface area contributed by atoms with Gasteiger partial charge in [-0.3, -0.25) is 0 Å². The summed E-state index contributed by atoms with van der Waals surface area (Å²) in [5.41, 5.74) is 1.94. The van der Waals surface area contributed by atoms with E-state index in [9.17, 15) is 4.79 Å². The molecule has 1 aromatic carbocycles. The normalized spacial score (nSPS) is 18.9. The highest BCUT2D eigenvalue weighted by Gasteiger charge is 2.52. The molecule has 2 aromatic rings. The fourth-order valence-electron chi connectivity index (χ4n) is 2.99. The number of carbonyl (C=O) groups excluding carboxylic acids is 1. The second-order valence-electron chi connectivity index (χ2n) is 9.31. The molecule has 1 aromatic heterocycles. The van der Waals surface area contributed by atoms with Gasteiger partial charge in [-0.05, 0) is 60.0 Å². The predicted octanol–water partition coefficient (Wildman–Crippen LogP) is 4.10. The lowest BCUT2D eigenvalue weighted by molar-refractivity contribution is 0.00578. The maximum Gasteiger partial charge on any atom is 0.492 e. The van der Waals surface area contributed by atoms with Crippen molar-refractivity contribution in [3.05, 3.63) is 35.6 Å². The van der Waals surface area contributed by atoms with Gasteiger partial charge < -0.3 is 24.3 Å². The number of fused-ring (bicyclic) bond motifs is 1. The molecule has 0 unspecified atom stereocenters. The third-order valence-corrected chi connectivity index (χ3v) is 5.21. The second kappa shape index (κ2) is 7.50. The Hall–Kier alpha value is -2.32. The number of benzene rings is 1. The van der Waals surface area contributed by atoms with Crippen molar-refractivity contribution >= 4 is 30.3 Å². The van der Waals surface area contributed by atoms with Gasteiger partial charge in [0, 0.05) is 12.1 Å². The van der Waals surface area contributed by atoms with Gasteiger partial charge in [0.25, 0.3) is 0 Å². The Balaban J connectivity index is 1.90. The van der Waals surface area contributed by atoms with Crippen LogP contribution in [0.25, 0.3) is 17.1 Å². The van der Waals surface area contributed by atoms with Gasteiger partial charge in [0.15, 0.2) is 0 Å². The number of amides is 1. The minimum Gasteiger partial charge on any atom is -0.444 e. The van der Waals surface area contributed by atoms with E-state index in [2.05, 4.69) is 15.3 Å². The summed E-state index contributed by atoms with van der Waals surface area (Å²) < 4.78 is 17.8. The summed E-state index contributed by atoms with van der Waals surface area (Å²) in [6.07, 6.45) is 3.14. The lowest BCUT2D eigenvalue weighted by Crippen LogP contribution is -2.41. The van der Waals surface area contributed by atoms with Gasteiger partial charge in [0.1, 0.15) is 5.60 Å². The van der Waals surface area contributed by atoms with Crippen molar-refractivity contribution in [2.24, 2.45) is 0 Å². The standard InChI is InChI=1S/C21H30BN3O4/c1-19(2,3)27-18(26)23-12-15(22-28-20(4,5)21(6,7)29-22)11-14-9-8-10-16-17(14)25-13-24-16/h8-11,13H,12H2,1-7H3,(H,23,26)(H,24,25). The fraction of sp³-hybridized carbons (Fsp3) is 0.524. The molecule has 1 aliphatic heterocycles. The number of hydrogen-bond donors (Lipinski definition) is 2. The molecule has 2 heterocycles. The van der Waals surface area contributed by atoms with E-state index in [-0.39, 0.29) is 6.54 Å². The molecule has 0 bridgehead atoms. The van der Waals surface area contributed by atoms with E-state index in [0.717, 1.165) is 22.1 Å². The number of imidazole rings is 1. The van der Waals surface area contributed by atoms with E-state index in [1.165, 1.54) is 0 Å². The van der Waals surface area contributed by atoms with Crippen LogP contribution in [0.15, 0.2) is 30.0 Å². The molecule has 1 amide bonds. The van der Waals surface area contributed by atoms with Crippen LogP contribution in [0.1, 0.15) is 54.0 Å². The monoisotopic (exact) mass is 399 g/mol. The highest BCUT2D eigenvalue weighted by Crippen LogP contribution is 2.39. The van der Waals surface area contributed by atoms with Crippen LogP contribution in [0.2, 0.25) is 0 Å². The zero-order chi connectivity index (χ0) is 21.4. The number of aromatic nitrogens is 2. The summed E-state index contributed by atoms with van der Waals surface area (Å²) in [6.45, 7) is 13.7. The molecule has 156 valence electrons. The average Bonchev–Trinajstić information content (AvgIpc) is 3.12. The van der Waals surface area contributed by atoms with Crippen molar-refractivity contribution in [3.63, 3.8) is 0 Å². The van der Waals surface area contributed by atoms with Crippen molar-refractivity contribution < 1.29 is 18.8 Å². The fourth-order valence-corrected chi connectivity index (χ4v) is 2.99. The molecule has 0 radical (unpaired) electrons. The van der Waals surface area contributed by atoms with Crippen LogP contribution in [0.4, 0.5) is 4.79 Å². The number of para-hydroxylation sites is 1. The Bertz CT molecular complexity index is 911. The Morgan fingerprint density at radius 2 is 1.90 bits per heavy atom. The Morgan fingerprint density at radius 1 is 1.24 bits per heavy atom. The molecule has 1 fully saturated rings. The smallest absolute Gasteiger partial charge is 0.444 e. The van der Waals surface area contributed by atoms with Crippen LogP contribution in [-0.2, 0) is 14.0 Å². The summed E-state index contributed by atoms with van der Waals surface area (Å²) in [7, 11) is -0.593. The number of rotatable bonds is 4. The number of nitrogens with one attached hydrogen (secondary N) is 2. The van der Waals surface area contributed by atoms with Crippen molar-refractivity contribution in [2.45, 2.75) is 65.3 Å². The predicted molar refractivity (Wildman–Crippen MR) is 114 cm³/mol. The number of H-pyrrole nitrogens is 1. The highest BCUT2D eigenvalue weighted by atomic mass is 16.7. The van der Waals surface area contributed by atoms with E-state index in [1.54, 1.807) is 6.33 Å². The molecule has 0 saturated carbocycles. The van der Waals surface area contributed by atoms with Crippen molar-refractivity contribution in [3.8, 4) is 0 Å². The van der Waals surface area contributed by atoms with Crippen LogP contribution >= 0.6 is 0 Å². The van der Waals surface area contributed by atoms with Crippen molar-refractivity contribution in [2.75, 3.05) is 6.54 Å². The Morgan fingerprint density at radius 3 is 2.52 bits per heavy atom. The van der Waals surface area contributed by atoms with Gasteiger partial charge in [-0.1, -0.05) is 18.2 Å². The van der Waals surface area contributed by atoms with Crippen LogP contribution < -0.4 is 5.32 Å². The summed E-state index contributed by atoms with van der Waals surface area (Å²) in [4.78, 5) is 19.7. The molecule has 8 heteroatoms. The number of hydrogen-bond acceptors (Lipinski definition) is 5. The molecule has 29 heavy (non-hydrogen) atoms. The lowest BCUT2D eigenvalue weighted by Gasteiger charge is -2.32. The number of nitrogens with zero attached hydrogens (tertiary/aromatic N) is 1. The van der Waals surface area contributed by atoms with Gasteiger partial charge >= 0.3 is 13.2 Å². The van der Waals surface area contributed by atoms with Gasteiger partial charge in [0.2, 0.25) is 0 Å². The molecule has 3 rings (SSSR count). The van der Waals surface area contributed by atoms with Crippen molar-refractivity contribution in [1.82, 2.24) is 15.3 Å². The van der Waals surface area contributed by atoms with Crippen LogP contribution in [-0.4, -0.2) is 46.5 Å². The summed E-state index contributed by atoms with van der Waals surface area (Å²) in [6, 6.07) is 5.89.